The van der Waals surface area contributed by atoms with Crippen molar-refractivity contribution in [3.63, 3.8) is 0 Å². The lowest BCUT2D eigenvalue weighted by Gasteiger charge is -2.04. The lowest BCUT2D eigenvalue weighted by molar-refractivity contribution is 0.578. The minimum Gasteiger partial charge on any atom is -0.207 e. The molecule has 2 atom stereocenters. The van der Waals surface area contributed by atoms with E-state index in [9.17, 15) is 8.42 Å². The standard InChI is InChI=1S/C20H18ClNO2S2/c21-17-8-6-15(7-9-17)19-10-11-20(25-19)26(23,24)22-18-13-16(18)12-14-4-2-1-3-5-14/h1-11,16,18,22H,12-13H2/t16-,18+/m0/s1. The van der Waals surface area contributed by atoms with Crippen molar-refractivity contribution in [3.05, 3.63) is 77.3 Å². The fraction of sp³-hybridized carbons (Fsp3) is 0.200. The molecule has 1 saturated carbocycles. The Hall–Kier alpha value is -1.66. The molecular weight excluding hydrogens is 386 g/mol. The lowest BCUT2D eigenvalue weighted by Crippen LogP contribution is -2.26. The second-order valence-electron chi connectivity index (χ2n) is 6.54. The zero-order valence-corrected chi connectivity index (χ0v) is 16.3. The molecule has 1 aromatic heterocycles. The fourth-order valence-corrected chi connectivity index (χ4v) is 5.80. The first-order chi connectivity index (χ1) is 12.5. The first-order valence-corrected chi connectivity index (χ1v) is 11.1. The summed E-state index contributed by atoms with van der Waals surface area (Å²) in [5.74, 6) is 0.378. The number of thiophene rings is 1. The number of sulfonamides is 1. The third kappa shape index (κ3) is 4.01. The molecule has 0 spiro atoms. The number of nitrogens with one attached hydrogen (secondary N) is 1. The Morgan fingerprint density at radius 3 is 2.46 bits per heavy atom. The molecular formula is C20H18ClNO2S2. The molecule has 3 aromatic rings. The highest BCUT2D eigenvalue weighted by atomic mass is 35.5. The summed E-state index contributed by atoms with van der Waals surface area (Å²) in [6.45, 7) is 0. The molecule has 0 aliphatic heterocycles. The first kappa shape index (κ1) is 17.7. The maximum atomic E-state index is 12.7. The van der Waals surface area contributed by atoms with E-state index < -0.39 is 10.0 Å². The number of hydrogen-bond donors (Lipinski definition) is 1. The Morgan fingerprint density at radius 1 is 1.00 bits per heavy atom. The van der Waals surface area contributed by atoms with Gasteiger partial charge in [-0.25, -0.2) is 13.1 Å². The molecule has 0 unspecified atom stereocenters. The summed E-state index contributed by atoms with van der Waals surface area (Å²) >= 11 is 7.19. The van der Waals surface area contributed by atoms with Crippen molar-refractivity contribution in [2.75, 3.05) is 0 Å². The van der Waals surface area contributed by atoms with E-state index in [4.69, 9.17) is 11.6 Å². The molecule has 3 nitrogen and oxygen atoms in total. The van der Waals surface area contributed by atoms with Gasteiger partial charge in [-0.15, -0.1) is 11.3 Å². The summed E-state index contributed by atoms with van der Waals surface area (Å²) in [7, 11) is -3.48. The molecule has 0 radical (unpaired) electrons. The van der Waals surface area contributed by atoms with Crippen molar-refractivity contribution in [1.82, 2.24) is 4.72 Å². The van der Waals surface area contributed by atoms with Gasteiger partial charge in [-0.3, -0.25) is 0 Å². The van der Waals surface area contributed by atoms with Gasteiger partial charge in [0.05, 0.1) is 0 Å². The van der Waals surface area contributed by atoms with Gasteiger partial charge < -0.3 is 0 Å². The highest BCUT2D eigenvalue weighted by Gasteiger charge is 2.40. The number of benzene rings is 2. The largest absolute Gasteiger partial charge is 0.250 e. The van der Waals surface area contributed by atoms with Crippen molar-refractivity contribution in [3.8, 4) is 10.4 Å². The van der Waals surface area contributed by atoms with Crippen LogP contribution in [0.2, 0.25) is 5.02 Å². The third-order valence-electron chi connectivity index (χ3n) is 4.54. The quantitative estimate of drug-likeness (QED) is 0.631. The van der Waals surface area contributed by atoms with Crippen molar-refractivity contribution in [2.24, 2.45) is 5.92 Å². The molecule has 1 fully saturated rings. The summed E-state index contributed by atoms with van der Waals surface area (Å²) in [6, 6.07) is 21.1. The zero-order chi connectivity index (χ0) is 18.1. The Morgan fingerprint density at radius 2 is 1.73 bits per heavy atom. The Bertz CT molecular complexity index is 998. The molecule has 134 valence electrons. The van der Waals surface area contributed by atoms with Gasteiger partial charge in [0.25, 0.3) is 0 Å². The van der Waals surface area contributed by atoms with Crippen LogP contribution < -0.4 is 4.72 Å². The average molecular weight is 404 g/mol. The van der Waals surface area contributed by atoms with Gasteiger partial charge in [0.2, 0.25) is 10.0 Å². The van der Waals surface area contributed by atoms with E-state index in [0.29, 0.717) is 15.1 Å². The molecule has 4 rings (SSSR count). The van der Waals surface area contributed by atoms with Gasteiger partial charge in [-0.05, 0) is 54.2 Å². The van der Waals surface area contributed by atoms with Crippen molar-refractivity contribution in [1.29, 1.82) is 0 Å². The van der Waals surface area contributed by atoms with Crippen LogP contribution in [0.15, 0.2) is 70.9 Å². The maximum absolute atomic E-state index is 12.7. The van der Waals surface area contributed by atoms with E-state index in [1.54, 1.807) is 18.2 Å². The van der Waals surface area contributed by atoms with E-state index in [1.165, 1.54) is 16.9 Å². The lowest BCUT2D eigenvalue weighted by atomic mass is 10.1. The zero-order valence-electron chi connectivity index (χ0n) is 13.9. The van der Waals surface area contributed by atoms with Gasteiger partial charge in [-0.1, -0.05) is 54.1 Å². The van der Waals surface area contributed by atoms with E-state index in [0.717, 1.165) is 23.3 Å². The van der Waals surface area contributed by atoms with Crippen LogP contribution in [0.1, 0.15) is 12.0 Å². The Balaban J connectivity index is 1.42. The average Bonchev–Trinajstić information content (AvgIpc) is 3.13. The van der Waals surface area contributed by atoms with E-state index in [1.807, 2.05) is 36.4 Å². The van der Waals surface area contributed by atoms with Crippen LogP contribution in [0.5, 0.6) is 0 Å². The third-order valence-corrected chi connectivity index (χ3v) is 7.91. The molecule has 1 heterocycles. The smallest absolute Gasteiger partial charge is 0.207 e. The molecule has 1 aliphatic rings. The number of rotatable bonds is 6. The second-order valence-corrected chi connectivity index (χ2v) is 10.00. The van der Waals surface area contributed by atoms with Crippen LogP contribution in [0.3, 0.4) is 0 Å². The molecule has 0 bridgehead atoms. The molecule has 0 amide bonds. The normalized spacial score (nSPS) is 19.4. The summed E-state index contributed by atoms with van der Waals surface area (Å²) in [4.78, 5) is 0.915. The van der Waals surface area contributed by atoms with Crippen molar-refractivity contribution < 1.29 is 8.42 Å². The molecule has 6 heteroatoms. The first-order valence-electron chi connectivity index (χ1n) is 8.43. The minimum absolute atomic E-state index is 0.0290. The maximum Gasteiger partial charge on any atom is 0.250 e. The van der Waals surface area contributed by atoms with Gasteiger partial charge in [0, 0.05) is 15.9 Å². The van der Waals surface area contributed by atoms with Crippen molar-refractivity contribution >= 4 is 33.0 Å². The predicted octanol–water partition coefficient (Wildman–Crippen LogP) is 4.98. The van der Waals surface area contributed by atoms with Gasteiger partial charge in [0.1, 0.15) is 4.21 Å². The molecule has 1 N–H and O–H groups in total. The van der Waals surface area contributed by atoms with Gasteiger partial charge in [0.15, 0.2) is 0 Å². The van der Waals surface area contributed by atoms with Crippen molar-refractivity contribution in [2.45, 2.75) is 23.1 Å². The Labute approximate surface area is 162 Å². The topological polar surface area (TPSA) is 46.2 Å². The van der Waals surface area contributed by atoms with Gasteiger partial charge in [-0.2, -0.15) is 0 Å². The summed E-state index contributed by atoms with van der Waals surface area (Å²) < 4.78 is 28.5. The highest BCUT2D eigenvalue weighted by Crippen LogP contribution is 2.37. The Kier molecular flexibility index (Phi) is 4.88. The molecule has 2 aromatic carbocycles. The number of halogens is 1. The SMILES string of the molecule is O=S(=O)(N[C@@H]1C[C@@H]1Cc1ccccc1)c1ccc(-c2ccc(Cl)cc2)s1. The summed E-state index contributed by atoms with van der Waals surface area (Å²) in [5, 5.41) is 0.665. The van der Waals surface area contributed by atoms with Crippen LogP contribution in [-0.4, -0.2) is 14.5 Å². The van der Waals surface area contributed by atoms with Crippen LogP contribution in [-0.2, 0) is 16.4 Å². The monoisotopic (exact) mass is 403 g/mol. The highest BCUT2D eigenvalue weighted by molar-refractivity contribution is 7.91. The van der Waals surface area contributed by atoms with Crippen LogP contribution >= 0.6 is 22.9 Å². The van der Waals surface area contributed by atoms with E-state index in [-0.39, 0.29) is 6.04 Å². The summed E-state index contributed by atoms with van der Waals surface area (Å²) in [6.07, 6.45) is 1.80. The van der Waals surface area contributed by atoms with Crippen LogP contribution in [0.25, 0.3) is 10.4 Å². The molecule has 1 aliphatic carbocycles. The summed E-state index contributed by atoms with van der Waals surface area (Å²) in [5.41, 5.74) is 2.22. The minimum atomic E-state index is -3.48. The fourth-order valence-electron chi connectivity index (χ4n) is 3.03. The van der Waals surface area contributed by atoms with Crippen LogP contribution in [0.4, 0.5) is 0 Å². The van der Waals surface area contributed by atoms with E-state index in [2.05, 4.69) is 16.9 Å². The van der Waals surface area contributed by atoms with Crippen LogP contribution in [0, 0.1) is 5.92 Å². The predicted molar refractivity (Wildman–Crippen MR) is 107 cm³/mol. The molecule has 0 saturated heterocycles. The molecule has 26 heavy (non-hydrogen) atoms. The second kappa shape index (κ2) is 7.16. The van der Waals surface area contributed by atoms with E-state index >= 15 is 0 Å². The number of hydrogen-bond acceptors (Lipinski definition) is 3. The van der Waals surface area contributed by atoms with Gasteiger partial charge >= 0.3 is 0 Å².